The van der Waals surface area contributed by atoms with Crippen molar-refractivity contribution in [3.8, 4) is 0 Å². The standard InChI is InChI=1S/C16H25N3S/c1-5-19(6-2)14-9-7-13(8-10-14)18-16-17-11-15(20-16)12(3)4/h7-10,12,15H,5-6,11H2,1-4H3,(H,17,18). The minimum Gasteiger partial charge on any atom is -0.372 e. The molecule has 1 aromatic rings. The quantitative estimate of drug-likeness (QED) is 0.886. The molecule has 0 saturated carbocycles. The van der Waals surface area contributed by atoms with Crippen LogP contribution in [0.4, 0.5) is 11.4 Å². The lowest BCUT2D eigenvalue weighted by Gasteiger charge is -2.21. The Morgan fingerprint density at radius 2 is 1.90 bits per heavy atom. The van der Waals surface area contributed by atoms with E-state index in [4.69, 9.17) is 0 Å². The lowest BCUT2D eigenvalue weighted by molar-refractivity contribution is 0.621. The van der Waals surface area contributed by atoms with Crippen LogP contribution in [0.2, 0.25) is 0 Å². The summed E-state index contributed by atoms with van der Waals surface area (Å²) in [5.41, 5.74) is 2.40. The molecule has 0 saturated heterocycles. The van der Waals surface area contributed by atoms with Crippen LogP contribution in [-0.4, -0.2) is 30.1 Å². The summed E-state index contributed by atoms with van der Waals surface area (Å²) in [6, 6.07) is 8.63. The topological polar surface area (TPSA) is 27.6 Å². The molecule has 110 valence electrons. The lowest BCUT2D eigenvalue weighted by atomic mass is 10.1. The predicted octanol–water partition coefficient (Wildman–Crippen LogP) is 4.07. The molecule has 0 aromatic heterocycles. The van der Waals surface area contributed by atoms with Crippen molar-refractivity contribution in [2.45, 2.75) is 32.9 Å². The number of anilines is 2. The smallest absolute Gasteiger partial charge is 0.161 e. The second-order valence-electron chi connectivity index (χ2n) is 5.39. The molecule has 0 fully saturated rings. The predicted molar refractivity (Wildman–Crippen MR) is 92.1 cm³/mol. The summed E-state index contributed by atoms with van der Waals surface area (Å²) in [6.07, 6.45) is 0. The largest absolute Gasteiger partial charge is 0.372 e. The fourth-order valence-corrected chi connectivity index (χ4v) is 3.31. The Bertz CT molecular complexity index is 449. The summed E-state index contributed by atoms with van der Waals surface area (Å²) in [4.78, 5) is 6.93. The van der Waals surface area contributed by atoms with Crippen molar-refractivity contribution in [1.82, 2.24) is 0 Å². The van der Waals surface area contributed by atoms with Crippen molar-refractivity contribution in [2.75, 3.05) is 29.9 Å². The molecule has 1 N–H and O–H groups in total. The number of hydrogen-bond acceptors (Lipinski definition) is 4. The zero-order valence-corrected chi connectivity index (χ0v) is 13.7. The van der Waals surface area contributed by atoms with Crippen molar-refractivity contribution in [1.29, 1.82) is 0 Å². The summed E-state index contributed by atoms with van der Waals surface area (Å²) in [6.45, 7) is 11.9. The van der Waals surface area contributed by atoms with E-state index in [-0.39, 0.29) is 0 Å². The molecular formula is C16H25N3S. The highest BCUT2D eigenvalue weighted by molar-refractivity contribution is 8.15. The number of thioether (sulfide) groups is 1. The Hall–Kier alpha value is -1.16. The Kier molecular flexibility index (Phi) is 5.35. The number of amidine groups is 1. The second-order valence-corrected chi connectivity index (χ2v) is 6.62. The van der Waals surface area contributed by atoms with Crippen molar-refractivity contribution in [3.63, 3.8) is 0 Å². The van der Waals surface area contributed by atoms with Gasteiger partial charge in [0.1, 0.15) is 0 Å². The van der Waals surface area contributed by atoms with Gasteiger partial charge in [0, 0.05) is 29.7 Å². The van der Waals surface area contributed by atoms with E-state index in [0.29, 0.717) is 11.2 Å². The maximum absolute atomic E-state index is 4.58. The van der Waals surface area contributed by atoms with Crippen LogP contribution in [0, 0.1) is 5.92 Å². The molecule has 20 heavy (non-hydrogen) atoms. The number of nitrogens with zero attached hydrogens (tertiary/aromatic N) is 2. The molecular weight excluding hydrogens is 266 g/mol. The molecule has 0 aliphatic carbocycles. The molecule has 0 radical (unpaired) electrons. The molecule has 1 aliphatic rings. The van der Waals surface area contributed by atoms with Gasteiger partial charge in [-0.25, -0.2) is 0 Å². The molecule has 0 bridgehead atoms. The van der Waals surface area contributed by atoms with Gasteiger partial charge in [0.25, 0.3) is 0 Å². The van der Waals surface area contributed by atoms with Crippen LogP contribution in [0.1, 0.15) is 27.7 Å². The zero-order valence-electron chi connectivity index (χ0n) is 12.9. The first kappa shape index (κ1) is 15.2. The molecule has 0 amide bonds. The maximum atomic E-state index is 4.58. The van der Waals surface area contributed by atoms with Gasteiger partial charge in [0.2, 0.25) is 0 Å². The Morgan fingerprint density at radius 1 is 1.25 bits per heavy atom. The normalized spacial score (nSPS) is 18.2. The molecule has 1 aliphatic heterocycles. The number of benzene rings is 1. The van der Waals surface area contributed by atoms with Gasteiger partial charge in [0.05, 0.1) is 6.54 Å². The van der Waals surface area contributed by atoms with E-state index in [9.17, 15) is 0 Å². The first-order chi connectivity index (χ1) is 9.63. The van der Waals surface area contributed by atoms with Gasteiger partial charge < -0.3 is 10.2 Å². The van der Waals surface area contributed by atoms with E-state index in [1.165, 1.54) is 5.69 Å². The van der Waals surface area contributed by atoms with Crippen LogP contribution in [0.15, 0.2) is 29.3 Å². The maximum Gasteiger partial charge on any atom is 0.161 e. The molecule has 4 heteroatoms. The van der Waals surface area contributed by atoms with Gasteiger partial charge in [-0.2, -0.15) is 0 Å². The van der Waals surface area contributed by atoms with Gasteiger partial charge in [0.15, 0.2) is 5.17 Å². The SMILES string of the molecule is CCN(CC)c1ccc(NC2=NCC(C(C)C)S2)cc1. The summed E-state index contributed by atoms with van der Waals surface area (Å²) in [5.74, 6) is 0.674. The van der Waals surface area contributed by atoms with E-state index in [2.05, 4.69) is 67.2 Å². The van der Waals surface area contributed by atoms with E-state index in [1.54, 1.807) is 0 Å². The Balaban J connectivity index is 1.95. The molecule has 0 spiro atoms. The van der Waals surface area contributed by atoms with E-state index >= 15 is 0 Å². The van der Waals surface area contributed by atoms with Crippen LogP contribution in [0.3, 0.4) is 0 Å². The number of aliphatic imine (C=N–C) groups is 1. The average molecular weight is 291 g/mol. The van der Waals surface area contributed by atoms with Crippen LogP contribution >= 0.6 is 11.8 Å². The van der Waals surface area contributed by atoms with Crippen LogP contribution in [0.5, 0.6) is 0 Å². The third-order valence-electron chi connectivity index (χ3n) is 3.67. The fourth-order valence-electron chi connectivity index (χ4n) is 2.27. The molecule has 1 unspecified atom stereocenters. The van der Waals surface area contributed by atoms with Crippen molar-refractivity contribution >= 4 is 28.3 Å². The van der Waals surface area contributed by atoms with Crippen molar-refractivity contribution in [2.24, 2.45) is 10.9 Å². The number of nitrogens with one attached hydrogen (secondary N) is 1. The number of rotatable bonds is 5. The lowest BCUT2D eigenvalue weighted by Crippen LogP contribution is -2.21. The highest BCUT2D eigenvalue weighted by atomic mass is 32.2. The van der Waals surface area contributed by atoms with Gasteiger partial charge in [-0.1, -0.05) is 25.6 Å². The minimum absolute atomic E-state index is 0.618. The molecule has 3 nitrogen and oxygen atoms in total. The fraction of sp³-hybridized carbons (Fsp3) is 0.562. The third kappa shape index (κ3) is 3.69. The van der Waals surface area contributed by atoms with Gasteiger partial charge >= 0.3 is 0 Å². The van der Waals surface area contributed by atoms with Crippen molar-refractivity contribution in [3.05, 3.63) is 24.3 Å². The highest BCUT2D eigenvalue weighted by Gasteiger charge is 2.22. The van der Waals surface area contributed by atoms with Crippen LogP contribution in [0.25, 0.3) is 0 Å². The van der Waals surface area contributed by atoms with E-state index in [1.807, 2.05) is 11.8 Å². The molecule has 2 rings (SSSR count). The Morgan fingerprint density at radius 3 is 2.40 bits per heavy atom. The summed E-state index contributed by atoms with van der Waals surface area (Å²) < 4.78 is 0. The molecule has 1 aromatic carbocycles. The monoisotopic (exact) mass is 291 g/mol. The Labute approximate surface area is 126 Å². The van der Waals surface area contributed by atoms with Gasteiger partial charge in [-0.15, -0.1) is 0 Å². The summed E-state index contributed by atoms with van der Waals surface area (Å²) in [7, 11) is 0. The van der Waals surface area contributed by atoms with E-state index < -0.39 is 0 Å². The second kappa shape index (κ2) is 7.02. The van der Waals surface area contributed by atoms with Crippen LogP contribution < -0.4 is 10.2 Å². The highest BCUT2D eigenvalue weighted by Crippen LogP contribution is 2.28. The first-order valence-corrected chi connectivity index (χ1v) is 8.35. The minimum atomic E-state index is 0.618. The average Bonchev–Trinajstić information content (AvgIpc) is 2.91. The first-order valence-electron chi connectivity index (χ1n) is 7.47. The number of hydrogen-bond donors (Lipinski definition) is 1. The van der Waals surface area contributed by atoms with Gasteiger partial charge in [-0.05, 0) is 44.0 Å². The van der Waals surface area contributed by atoms with Crippen LogP contribution in [-0.2, 0) is 0 Å². The molecule has 1 heterocycles. The van der Waals surface area contributed by atoms with E-state index in [0.717, 1.165) is 30.5 Å². The summed E-state index contributed by atoms with van der Waals surface area (Å²) in [5, 5.41) is 5.10. The van der Waals surface area contributed by atoms with Gasteiger partial charge in [-0.3, -0.25) is 4.99 Å². The zero-order chi connectivity index (χ0) is 14.5. The molecule has 1 atom stereocenters. The van der Waals surface area contributed by atoms with Crippen molar-refractivity contribution < 1.29 is 0 Å². The third-order valence-corrected chi connectivity index (χ3v) is 5.12. The summed E-state index contributed by atoms with van der Waals surface area (Å²) >= 11 is 1.86.